The summed E-state index contributed by atoms with van der Waals surface area (Å²) < 4.78 is 33.0. The molecule has 298 valence electrons. The molecule has 4 heterocycles. The zero-order valence-corrected chi connectivity index (χ0v) is 34.4. The number of benzene rings is 1. The number of fused-ring (bicyclic) bond motifs is 3. The fourth-order valence-electron chi connectivity index (χ4n) is 10.6. The Bertz CT molecular complexity index is 2120. The maximum atomic E-state index is 15.3. The Labute approximate surface area is 333 Å². The van der Waals surface area contributed by atoms with Crippen LogP contribution in [0.2, 0.25) is 0 Å². The van der Waals surface area contributed by atoms with Gasteiger partial charge in [-0.25, -0.2) is 4.79 Å². The number of carbonyl (C=O) groups is 3. The Kier molecular flexibility index (Phi) is 9.81. The van der Waals surface area contributed by atoms with Crippen molar-refractivity contribution < 1.29 is 38.1 Å². The number of hydrogen-bond acceptors (Lipinski definition) is 11. The number of allylic oxidation sites excluding steroid dienone is 5. The molecule has 3 saturated carbocycles. The molecule has 4 aliphatic heterocycles. The molecule has 1 aromatic rings. The van der Waals surface area contributed by atoms with Crippen LogP contribution < -0.4 is 25.3 Å². The van der Waals surface area contributed by atoms with Crippen molar-refractivity contribution in [1.82, 2.24) is 5.32 Å². The van der Waals surface area contributed by atoms with Gasteiger partial charge in [-0.1, -0.05) is 29.4 Å². The highest BCUT2D eigenvalue weighted by Crippen LogP contribution is 2.75. The standard InChI is InChI=1S/C44H52ClN3O8/c1-22(2)11-10-16-42(8)17-15-26-35(54-42)25(13-12-23(3)4)37-32(36(26)53-30(49)20-45)34-33-31(28(21-46)39(47)48-34)27-19-29-41(6,7)56-43(38(27)50,44(29,33)55-37)18-14-24(5)40(51)52-9/h11-12,14-15,17,27,29,31,33-34,48H,10,13,16,18-20,47H2,1-9H3/b24-14-. The van der Waals surface area contributed by atoms with E-state index in [1.165, 1.54) is 12.7 Å². The van der Waals surface area contributed by atoms with Crippen molar-refractivity contribution in [3.8, 4) is 23.3 Å². The van der Waals surface area contributed by atoms with Gasteiger partial charge in [-0.2, -0.15) is 5.26 Å². The lowest BCUT2D eigenvalue weighted by Crippen LogP contribution is -2.80. The van der Waals surface area contributed by atoms with E-state index in [0.29, 0.717) is 53.0 Å². The average molecular weight is 786 g/mol. The van der Waals surface area contributed by atoms with Gasteiger partial charge in [0.2, 0.25) is 0 Å². The van der Waals surface area contributed by atoms with Crippen LogP contribution in [0.5, 0.6) is 17.2 Å². The molecule has 11 nitrogen and oxygen atoms in total. The number of Topliss-reactive ketones (excluding diaryl/α,β-unsaturated/α-hetero) is 1. The lowest BCUT2D eigenvalue weighted by atomic mass is 9.41. The molecule has 56 heavy (non-hydrogen) atoms. The van der Waals surface area contributed by atoms with Crippen LogP contribution in [0.15, 0.2) is 52.4 Å². The minimum absolute atomic E-state index is 0.0273. The van der Waals surface area contributed by atoms with Crippen LogP contribution in [0.3, 0.4) is 0 Å². The Hall–Kier alpha value is -4.53. The second kappa shape index (κ2) is 13.8. The van der Waals surface area contributed by atoms with Gasteiger partial charge in [0.1, 0.15) is 28.8 Å². The largest absolute Gasteiger partial charge is 0.482 e. The molecular weight excluding hydrogens is 734 g/mol. The number of rotatable bonds is 10. The number of nitriles is 1. The molecule has 1 saturated heterocycles. The first-order valence-electron chi connectivity index (χ1n) is 19.4. The van der Waals surface area contributed by atoms with Crippen LogP contribution in [0.1, 0.15) is 104 Å². The van der Waals surface area contributed by atoms with Crippen molar-refractivity contribution in [1.29, 1.82) is 5.26 Å². The van der Waals surface area contributed by atoms with E-state index < -0.39 is 64.0 Å². The van der Waals surface area contributed by atoms with Gasteiger partial charge >= 0.3 is 11.9 Å². The Morgan fingerprint density at radius 3 is 2.45 bits per heavy atom. The topological polar surface area (TPSA) is 159 Å². The first kappa shape index (κ1) is 39.7. The SMILES string of the molecule is COC(=O)/C(C)=C\CC12OC(C)(C)C3CC(C1=O)C1C(C#N)=C(N)NC4c5c(OC(=O)CCl)c6c(c(CC=C(C)C)c5OC32C41)OC(C)(CCC=C(C)C)C=C6. The average Bonchev–Trinajstić information content (AvgIpc) is 3.28. The van der Waals surface area contributed by atoms with Crippen molar-refractivity contribution >= 4 is 35.4 Å². The maximum Gasteiger partial charge on any atom is 0.333 e. The molecule has 1 aromatic carbocycles. The number of alkyl halides is 1. The summed E-state index contributed by atoms with van der Waals surface area (Å²) in [5.74, 6) is -2.69. The minimum Gasteiger partial charge on any atom is -0.482 e. The van der Waals surface area contributed by atoms with E-state index in [-0.39, 0.29) is 35.3 Å². The quantitative estimate of drug-likeness (QED) is 0.0811. The molecule has 8 rings (SSSR count). The first-order chi connectivity index (χ1) is 26.4. The van der Waals surface area contributed by atoms with Gasteiger partial charge in [-0.3, -0.25) is 9.59 Å². The Balaban J connectivity index is 1.57. The lowest BCUT2D eigenvalue weighted by molar-refractivity contribution is -0.224. The number of esters is 2. The third-order valence-corrected chi connectivity index (χ3v) is 13.1. The summed E-state index contributed by atoms with van der Waals surface area (Å²) in [6.07, 6.45) is 12.2. The molecule has 3 aliphatic carbocycles. The van der Waals surface area contributed by atoms with Crippen LogP contribution in [0, 0.1) is 35.0 Å². The number of ketones is 1. The fourth-order valence-corrected chi connectivity index (χ4v) is 10.6. The monoisotopic (exact) mass is 785 g/mol. The lowest BCUT2D eigenvalue weighted by Gasteiger charge is -2.66. The van der Waals surface area contributed by atoms with Crippen molar-refractivity contribution in [2.45, 2.75) is 116 Å². The molecule has 4 fully saturated rings. The van der Waals surface area contributed by atoms with E-state index >= 15 is 4.79 Å². The third kappa shape index (κ3) is 5.73. The van der Waals surface area contributed by atoms with E-state index in [9.17, 15) is 14.9 Å². The van der Waals surface area contributed by atoms with Crippen molar-refractivity contribution in [3.05, 3.63) is 69.1 Å². The summed E-state index contributed by atoms with van der Waals surface area (Å²) in [6.45, 7) is 15.8. The molecule has 0 aromatic heterocycles. The van der Waals surface area contributed by atoms with Crippen molar-refractivity contribution in [2.75, 3.05) is 13.0 Å². The molecule has 0 radical (unpaired) electrons. The van der Waals surface area contributed by atoms with Crippen LogP contribution in [-0.2, 0) is 30.3 Å². The van der Waals surface area contributed by atoms with Gasteiger partial charge in [0, 0.05) is 41.2 Å². The van der Waals surface area contributed by atoms with Crippen LogP contribution >= 0.6 is 11.6 Å². The van der Waals surface area contributed by atoms with Crippen LogP contribution in [0.4, 0.5) is 0 Å². The summed E-state index contributed by atoms with van der Waals surface area (Å²) in [5.41, 5.74) is 6.93. The third-order valence-electron chi connectivity index (χ3n) is 12.9. The molecule has 1 spiro atoms. The number of nitrogens with zero attached hydrogens (tertiary/aromatic N) is 1. The zero-order chi connectivity index (χ0) is 40.7. The van der Waals surface area contributed by atoms with E-state index in [1.54, 1.807) is 13.0 Å². The summed E-state index contributed by atoms with van der Waals surface area (Å²) in [4.78, 5) is 41.2. The molecule has 7 aliphatic rings. The fraction of sp³-hybridized carbons (Fsp3) is 0.545. The maximum absolute atomic E-state index is 15.3. The van der Waals surface area contributed by atoms with Crippen molar-refractivity contribution in [2.24, 2.45) is 29.4 Å². The van der Waals surface area contributed by atoms with Gasteiger partial charge < -0.3 is 34.7 Å². The smallest absolute Gasteiger partial charge is 0.333 e. The van der Waals surface area contributed by atoms with Gasteiger partial charge in [0.25, 0.3) is 0 Å². The molecule has 8 unspecified atom stereocenters. The Morgan fingerprint density at radius 1 is 1.09 bits per heavy atom. The number of methoxy groups -OCH3 is 1. The number of hydrogen-bond donors (Lipinski definition) is 2. The molecular formula is C44H52ClN3O8. The van der Waals surface area contributed by atoms with E-state index in [1.807, 2.05) is 46.8 Å². The number of ether oxygens (including phenoxy) is 5. The number of nitrogens with one attached hydrogen (secondary N) is 1. The van der Waals surface area contributed by atoms with Gasteiger partial charge in [0.15, 0.2) is 22.7 Å². The minimum atomic E-state index is -1.57. The molecule has 4 bridgehead atoms. The molecule has 0 amide bonds. The predicted molar refractivity (Wildman–Crippen MR) is 211 cm³/mol. The van der Waals surface area contributed by atoms with E-state index in [4.69, 9.17) is 41.0 Å². The summed E-state index contributed by atoms with van der Waals surface area (Å²) >= 11 is 6.10. The zero-order valence-electron chi connectivity index (χ0n) is 33.7. The highest BCUT2D eigenvalue weighted by molar-refractivity contribution is 6.26. The highest BCUT2D eigenvalue weighted by Gasteiger charge is 2.86. The number of carbonyl (C=O) groups excluding carboxylic acids is 3. The Morgan fingerprint density at radius 2 is 1.80 bits per heavy atom. The van der Waals surface area contributed by atoms with Crippen LogP contribution in [0.25, 0.3) is 6.08 Å². The van der Waals surface area contributed by atoms with Crippen molar-refractivity contribution in [3.63, 3.8) is 0 Å². The highest BCUT2D eigenvalue weighted by atomic mass is 35.5. The normalized spacial score (nSPS) is 32.4. The van der Waals surface area contributed by atoms with Gasteiger partial charge in [-0.05, 0) is 93.2 Å². The predicted octanol–water partition coefficient (Wildman–Crippen LogP) is 7.23. The second-order valence-corrected chi connectivity index (χ2v) is 17.6. The summed E-state index contributed by atoms with van der Waals surface area (Å²) in [7, 11) is 1.31. The second-order valence-electron chi connectivity index (χ2n) is 17.3. The number of nitrogens with two attached hydrogens (primary N) is 1. The first-order valence-corrected chi connectivity index (χ1v) is 19.9. The van der Waals surface area contributed by atoms with E-state index in [2.05, 4.69) is 37.4 Å². The summed E-state index contributed by atoms with van der Waals surface area (Å²) in [6, 6.07) is 1.63. The van der Waals surface area contributed by atoms with Crippen LogP contribution in [-0.4, -0.2) is 53.1 Å². The van der Waals surface area contributed by atoms with Gasteiger partial charge in [-0.15, -0.1) is 11.6 Å². The van der Waals surface area contributed by atoms with E-state index in [0.717, 1.165) is 12.0 Å². The molecule has 12 heteroatoms. The summed E-state index contributed by atoms with van der Waals surface area (Å²) in [5, 5.41) is 14.1. The number of halogens is 1. The molecule has 8 atom stereocenters. The van der Waals surface area contributed by atoms with Gasteiger partial charge in [0.05, 0.1) is 41.5 Å². The molecule has 3 N–H and O–H groups in total.